The minimum absolute atomic E-state index is 0.0695. The first kappa shape index (κ1) is 13.0. The van der Waals surface area contributed by atoms with E-state index in [4.69, 9.17) is 0 Å². The number of likely N-dealkylation sites (tertiary alicyclic amines) is 1. The first-order chi connectivity index (χ1) is 9.00. The van der Waals surface area contributed by atoms with E-state index in [9.17, 15) is 12.8 Å². The van der Waals surface area contributed by atoms with E-state index < -0.39 is 15.8 Å². The van der Waals surface area contributed by atoms with Crippen LogP contribution in [0.1, 0.15) is 12.8 Å². The fourth-order valence-electron chi connectivity index (χ4n) is 3.20. The molecule has 1 aromatic carbocycles. The standard InChI is InChI=1S/C13H17FN2O2S/c1-15-8-6-13-12(15)7-9-16(13)19(17,18)11-4-2-10(14)3-5-11/h2-5,12-13H,6-9H2,1H3/t12-,13+/m1/s1. The van der Waals surface area contributed by atoms with Gasteiger partial charge in [-0.25, -0.2) is 12.8 Å². The predicted octanol–water partition coefficient (Wildman–Crippen LogP) is 1.29. The molecule has 0 N–H and O–H groups in total. The highest BCUT2D eigenvalue weighted by molar-refractivity contribution is 7.89. The van der Waals surface area contributed by atoms with E-state index >= 15 is 0 Å². The van der Waals surface area contributed by atoms with Crippen molar-refractivity contribution < 1.29 is 12.8 Å². The number of hydrogen-bond acceptors (Lipinski definition) is 3. The molecule has 0 amide bonds. The highest BCUT2D eigenvalue weighted by Crippen LogP contribution is 2.34. The molecule has 0 bridgehead atoms. The monoisotopic (exact) mass is 284 g/mol. The molecule has 0 aromatic heterocycles. The molecule has 4 nitrogen and oxygen atoms in total. The normalized spacial score (nSPS) is 28.7. The molecule has 2 fully saturated rings. The fourth-order valence-corrected chi connectivity index (χ4v) is 4.90. The van der Waals surface area contributed by atoms with Gasteiger partial charge < -0.3 is 4.90 Å². The number of rotatable bonds is 2. The maximum atomic E-state index is 12.9. The van der Waals surface area contributed by atoms with Crippen LogP contribution in [0.5, 0.6) is 0 Å². The zero-order chi connectivity index (χ0) is 13.6. The van der Waals surface area contributed by atoms with E-state index in [2.05, 4.69) is 4.90 Å². The van der Waals surface area contributed by atoms with E-state index in [1.165, 1.54) is 24.3 Å². The Hall–Kier alpha value is -0.980. The lowest BCUT2D eigenvalue weighted by Crippen LogP contribution is -2.38. The van der Waals surface area contributed by atoms with Gasteiger partial charge in [0.1, 0.15) is 5.82 Å². The van der Waals surface area contributed by atoms with Crippen molar-refractivity contribution in [1.29, 1.82) is 0 Å². The zero-order valence-corrected chi connectivity index (χ0v) is 11.6. The first-order valence-electron chi connectivity index (χ1n) is 6.48. The molecule has 0 radical (unpaired) electrons. The second kappa shape index (κ2) is 4.54. The average molecular weight is 284 g/mol. The Morgan fingerprint density at radius 1 is 1.11 bits per heavy atom. The van der Waals surface area contributed by atoms with Gasteiger partial charge in [0, 0.05) is 18.6 Å². The lowest BCUT2D eigenvalue weighted by Gasteiger charge is -2.23. The van der Waals surface area contributed by atoms with Gasteiger partial charge in [-0.05, 0) is 50.7 Å². The smallest absolute Gasteiger partial charge is 0.243 e. The number of sulfonamides is 1. The molecule has 2 heterocycles. The molecule has 0 saturated carbocycles. The molecule has 2 saturated heterocycles. The third kappa shape index (κ3) is 2.07. The van der Waals surface area contributed by atoms with Crippen LogP contribution in [-0.2, 0) is 10.0 Å². The van der Waals surface area contributed by atoms with Crippen LogP contribution in [0.25, 0.3) is 0 Å². The second-order valence-electron chi connectivity index (χ2n) is 5.26. The Balaban J connectivity index is 1.91. The highest BCUT2D eigenvalue weighted by atomic mass is 32.2. The number of nitrogens with zero attached hydrogens (tertiary/aromatic N) is 2. The van der Waals surface area contributed by atoms with Crippen molar-refractivity contribution in [3.05, 3.63) is 30.1 Å². The minimum atomic E-state index is -3.49. The van der Waals surface area contributed by atoms with Gasteiger partial charge in [0.05, 0.1) is 4.90 Å². The summed E-state index contributed by atoms with van der Waals surface area (Å²) in [5.74, 6) is -0.418. The van der Waals surface area contributed by atoms with Gasteiger partial charge in [-0.1, -0.05) is 0 Å². The number of hydrogen-bond donors (Lipinski definition) is 0. The molecule has 0 aliphatic carbocycles. The van der Waals surface area contributed by atoms with Gasteiger partial charge in [-0.3, -0.25) is 0 Å². The van der Waals surface area contributed by atoms with Crippen LogP contribution >= 0.6 is 0 Å². The van der Waals surface area contributed by atoms with Crippen LogP contribution in [0.4, 0.5) is 4.39 Å². The summed E-state index contributed by atoms with van der Waals surface area (Å²) in [5.41, 5.74) is 0. The van der Waals surface area contributed by atoms with Crippen molar-refractivity contribution in [1.82, 2.24) is 9.21 Å². The largest absolute Gasteiger partial charge is 0.302 e. The van der Waals surface area contributed by atoms with Crippen molar-refractivity contribution in [3.63, 3.8) is 0 Å². The molecule has 19 heavy (non-hydrogen) atoms. The number of benzene rings is 1. The minimum Gasteiger partial charge on any atom is -0.302 e. The quantitative estimate of drug-likeness (QED) is 0.822. The summed E-state index contributed by atoms with van der Waals surface area (Å²) in [5, 5.41) is 0. The predicted molar refractivity (Wildman–Crippen MR) is 69.7 cm³/mol. The number of fused-ring (bicyclic) bond motifs is 1. The summed E-state index contributed by atoms with van der Waals surface area (Å²) < 4.78 is 39.7. The first-order valence-corrected chi connectivity index (χ1v) is 7.92. The van der Waals surface area contributed by atoms with Crippen LogP contribution in [0.3, 0.4) is 0 Å². The summed E-state index contributed by atoms with van der Waals surface area (Å²) in [6.07, 6.45) is 1.75. The van der Waals surface area contributed by atoms with Gasteiger partial charge in [-0.2, -0.15) is 4.31 Å². The van der Waals surface area contributed by atoms with Crippen LogP contribution < -0.4 is 0 Å². The lowest BCUT2D eigenvalue weighted by atomic mass is 10.1. The van der Waals surface area contributed by atoms with Gasteiger partial charge in [0.15, 0.2) is 0 Å². The number of likely N-dealkylation sites (N-methyl/N-ethyl adjacent to an activating group) is 1. The Labute approximate surface area is 112 Å². The molecule has 0 unspecified atom stereocenters. The van der Waals surface area contributed by atoms with E-state index in [-0.39, 0.29) is 10.9 Å². The summed E-state index contributed by atoms with van der Waals surface area (Å²) in [4.78, 5) is 2.41. The van der Waals surface area contributed by atoms with Gasteiger partial charge >= 0.3 is 0 Å². The molecule has 0 spiro atoms. The van der Waals surface area contributed by atoms with E-state index in [1.54, 1.807) is 4.31 Å². The molecule has 2 aliphatic heterocycles. The molecule has 2 aliphatic rings. The van der Waals surface area contributed by atoms with Crippen LogP contribution in [0.2, 0.25) is 0 Å². The van der Waals surface area contributed by atoms with Crippen molar-refractivity contribution in [2.45, 2.75) is 29.8 Å². The summed E-state index contributed by atoms with van der Waals surface area (Å²) in [6.45, 7) is 1.49. The Kier molecular flexibility index (Phi) is 3.11. The van der Waals surface area contributed by atoms with Crippen molar-refractivity contribution in [2.75, 3.05) is 20.1 Å². The average Bonchev–Trinajstić information content (AvgIpc) is 2.93. The molecule has 1 aromatic rings. The molecule has 6 heteroatoms. The Bertz CT molecular complexity index is 573. The third-order valence-electron chi connectivity index (χ3n) is 4.22. The molecule has 3 rings (SSSR count). The van der Waals surface area contributed by atoms with Gasteiger partial charge in [0.2, 0.25) is 10.0 Å². The van der Waals surface area contributed by atoms with E-state index in [0.717, 1.165) is 19.4 Å². The van der Waals surface area contributed by atoms with Crippen molar-refractivity contribution >= 4 is 10.0 Å². The van der Waals surface area contributed by atoms with Gasteiger partial charge in [-0.15, -0.1) is 0 Å². The highest BCUT2D eigenvalue weighted by Gasteiger charge is 2.46. The topological polar surface area (TPSA) is 40.6 Å². The summed E-state index contributed by atoms with van der Waals surface area (Å²) in [7, 11) is -1.45. The van der Waals surface area contributed by atoms with Crippen molar-refractivity contribution in [3.8, 4) is 0 Å². The Morgan fingerprint density at radius 3 is 2.42 bits per heavy atom. The van der Waals surface area contributed by atoms with E-state index in [0.29, 0.717) is 12.6 Å². The number of halogens is 1. The van der Waals surface area contributed by atoms with Crippen molar-refractivity contribution in [2.24, 2.45) is 0 Å². The van der Waals surface area contributed by atoms with E-state index in [1.807, 2.05) is 7.05 Å². The zero-order valence-electron chi connectivity index (χ0n) is 10.8. The summed E-state index contributed by atoms with van der Waals surface area (Å²) >= 11 is 0. The van der Waals surface area contributed by atoms with Gasteiger partial charge in [0.25, 0.3) is 0 Å². The van der Waals surface area contributed by atoms with Crippen LogP contribution in [-0.4, -0.2) is 49.8 Å². The maximum absolute atomic E-state index is 12.9. The third-order valence-corrected chi connectivity index (χ3v) is 6.16. The second-order valence-corrected chi connectivity index (χ2v) is 7.15. The molecule has 104 valence electrons. The molecular weight excluding hydrogens is 267 g/mol. The van der Waals surface area contributed by atoms with Crippen LogP contribution in [0, 0.1) is 5.82 Å². The SMILES string of the molecule is CN1CC[C@H]2[C@H]1CCN2S(=O)(=O)c1ccc(F)cc1. The molecule has 2 atom stereocenters. The molecular formula is C13H17FN2O2S. The summed E-state index contributed by atoms with van der Waals surface area (Å²) in [6, 6.07) is 5.48. The lowest BCUT2D eigenvalue weighted by molar-refractivity contribution is 0.300. The fraction of sp³-hybridized carbons (Fsp3) is 0.538. The Morgan fingerprint density at radius 2 is 1.74 bits per heavy atom. The van der Waals surface area contributed by atoms with Crippen LogP contribution in [0.15, 0.2) is 29.2 Å². The maximum Gasteiger partial charge on any atom is 0.243 e.